The lowest BCUT2D eigenvalue weighted by atomic mass is 9.90. The Bertz CT molecular complexity index is 1500. The van der Waals surface area contributed by atoms with Crippen LogP contribution in [0.3, 0.4) is 0 Å². The van der Waals surface area contributed by atoms with Crippen molar-refractivity contribution in [1.82, 2.24) is 19.5 Å². The molecule has 5 atom stereocenters. The maximum Gasteiger partial charge on any atom is 0.266 e. The zero-order valence-electron chi connectivity index (χ0n) is 18.9. The molecule has 1 unspecified atom stereocenters. The fourth-order valence-corrected chi connectivity index (χ4v) is 5.69. The van der Waals surface area contributed by atoms with E-state index in [-0.39, 0.29) is 40.6 Å². The van der Waals surface area contributed by atoms with E-state index in [2.05, 4.69) is 15.0 Å². The zero-order valence-corrected chi connectivity index (χ0v) is 18.9. The van der Waals surface area contributed by atoms with Gasteiger partial charge in [-0.1, -0.05) is 12.1 Å². The summed E-state index contributed by atoms with van der Waals surface area (Å²) in [5.41, 5.74) is 11.0. The van der Waals surface area contributed by atoms with Gasteiger partial charge < -0.3 is 31.0 Å². The van der Waals surface area contributed by atoms with Crippen molar-refractivity contribution in [2.75, 3.05) is 11.5 Å². The van der Waals surface area contributed by atoms with E-state index >= 15 is 0 Å². The van der Waals surface area contributed by atoms with E-state index in [0.29, 0.717) is 23.7 Å². The fraction of sp³-hybridized carbons (Fsp3) is 0.375. The lowest BCUT2D eigenvalue weighted by molar-refractivity contribution is -0.0675. The maximum absolute atomic E-state index is 13.7. The number of nitrogens with two attached hydrogens (primary N) is 2. The molecule has 0 amide bonds. The van der Waals surface area contributed by atoms with Crippen molar-refractivity contribution in [2.45, 2.75) is 49.7 Å². The number of anilines is 2. The van der Waals surface area contributed by atoms with Crippen LogP contribution >= 0.6 is 0 Å². The van der Waals surface area contributed by atoms with Gasteiger partial charge in [-0.3, -0.25) is 0 Å². The summed E-state index contributed by atoms with van der Waals surface area (Å²) in [6, 6.07) is 6.71. The second-order valence-corrected chi connectivity index (χ2v) is 9.52. The fourth-order valence-electron chi connectivity index (χ4n) is 5.69. The minimum Gasteiger partial charge on any atom is -0.385 e. The van der Waals surface area contributed by atoms with Crippen LogP contribution in [-0.2, 0) is 11.2 Å². The number of hydrogen-bond donors (Lipinski definition) is 4. The smallest absolute Gasteiger partial charge is 0.266 e. The molecular formula is C24H23F3N6O3. The summed E-state index contributed by atoms with van der Waals surface area (Å²) in [4.78, 5) is 12.0. The molecule has 1 saturated carbocycles. The molecule has 12 heteroatoms. The minimum atomic E-state index is -2.85. The van der Waals surface area contributed by atoms with E-state index in [1.807, 2.05) is 6.07 Å². The summed E-state index contributed by atoms with van der Waals surface area (Å²) in [5, 5.41) is 23.1. The van der Waals surface area contributed by atoms with Gasteiger partial charge in [0.2, 0.25) is 0 Å². The number of ether oxygens (including phenoxy) is 1. The van der Waals surface area contributed by atoms with Gasteiger partial charge in [0.05, 0.1) is 17.0 Å². The first-order valence-corrected chi connectivity index (χ1v) is 11.5. The number of aliphatic hydroxyl groups excluding tert-OH is 1. The van der Waals surface area contributed by atoms with E-state index in [1.165, 1.54) is 10.6 Å². The molecule has 1 saturated heterocycles. The molecule has 2 fully saturated rings. The third-order valence-electron chi connectivity index (χ3n) is 7.44. The number of nitrogens with zero attached hydrogens (tertiary/aromatic N) is 4. The number of aliphatic hydroxyl groups is 2. The van der Waals surface area contributed by atoms with Gasteiger partial charge in [-0.25, -0.2) is 28.1 Å². The highest BCUT2D eigenvalue weighted by atomic mass is 19.3. The molecule has 0 spiro atoms. The van der Waals surface area contributed by atoms with Gasteiger partial charge in [0.25, 0.3) is 6.43 Å². The molecule has 0 bridgehead atoms. The van der Waals surface area contributed by atoms with Crippen LogP contribution in [0, 0.1) is 11.7 Å². The Morgan fingerprint density at radius 2 is 2.00 bits per heavy atom. The maximum atomic E-state index is 13.7. The number of fused-ring (bicyclic) bond motifs is 3. The molecule has 1 aliphatic carbocycles. The quantitative estimate of drug-likeness (QED) is 0.335. The number of hydrogen-bond acceptors (Lipinski definition) is 8. The first-order valence-electron chi connectivity index (χ1n) is 11.5. The molecular weight excluding hydrogens is 477 g/mol. The molecule has 9 nitrogen and oxygen atoms in total. The lowest BCUT2D eigenvalue weighted by Crippen LogP contribution is -2.45. The van der Waals surface area contributed by atoms with Gasteiger partial charge in [-0.2, -0.15) is 0 Å². The highest BCUT2D eigenvalue weighted by molar-refractivity contribution is 5.90. The van der Waals surface area contributed by atoms with Crippen LogP contribution in [0.4, 0.5) is 24.8 Å². The third kappa shape index (κ3) is 3.32. The third-order valence-corrected chi connectivity index (χ3v) is 7.44. The first kappa shape index (κ1) is 23.0. The largest absolute Gasteiger partial charge is 0.385 e. The van der Waals surface area contributed by atoms with Crippen molar-refractivity contribution in [3.05, 3.63) is 53.7 Å². The van der Waals surface area contributed by atoms with Gasteiger partial charge in [0, 0.05) is 17.1 Å². The molecule has 4 aromatic rings. The van der Waals surface area contributed by atoms with Crippen LogP contribution in [0.2, 0.25) is 0 Å². The molecule has 4 heterocycles. The number of rotatable bonds is 4. The van der Waals surface area contributed by atoms with Crippen LogP contribution in [0.5, 0.6) is 0 Å². The Morgan fingerprint density at radius 1 is 1.19 bits per heavy atom. The van der Waals surface area contributed by atoms with Gasteiger partial charge in [0.15, 0.2) is 17.9 Å². The standard InChI is InChI=1S/C24H23F3N6O3/c25-14-7-11-2-1-10(6-15(11)32-20(14)28)5-12-3-4-24(35)17(34)23(36-18(12)24)33-8-13(19(26)27)16-21(29)30-9-31-22(16)33/h1-2,6-9,12,17-19,23,34-35H,3-5H2,(H2,28,32)(H2,29,30,31)/t12-,17?,18+,23+,24-/m0/s1. The molecule has 1 aliphatic heterocycles. The molecule has 6 rings (SSSR count). The number of nitrogen functional groups attached to an aromatic ring is 2. The van der Waals surface area contributed by atoms with E-state index in [0.717, 1.165) is 18.1 Å². The molecule has 188 valence electrons. The molecule has 0 radical (unpaired) electrons. The molecule has 36 heavy (non-hydrogen) atoms. The van der Waals surface area contributed by atoms with Crippen LogP contribution < -0.4 is 11.5 Å². The van der Waals surface area contributed by atoms with Crippen molar-refractivity contribution in [3.63, 3.8) is 0 Å². The predicted molar refractivity (Wildman–Crippen MR) is 124 cm³/mol. The highest BCUT2D eigenvalue weighted by Crippen LogP contribution is 2.51. The van der Waals surface area contributed by atoms with Crippen molar-refractivity contribution >= 4 is 33.6 Å². The van der Waals surface area contributed by atoms with Gasteiger partial charge in [-0.05, 0) is 42.9 Å². The summed E-state index contributed by atoms with van der Waals surface area (Å²) in [6.07, 6.45) is -2.51. The number of pyridine rings is 1. The van der Waals surface area contributed by atoms with Crippen LogP contribution in [0.25, 0.3) is 21.9 Å². The van der Waals surface area contributed by atoms with E-state index < -0.39 is 36.3 Å². The summed E-state index contributed by atoms with van der Waals surface area (Å²) in [7, 11) is 0. The first-order chi connectivity index (χ1) is 17.2. The highest BCUT2D eigenvalue weighted by Gasteiger charge is 2.61. The second-order valence-electron chi connectivity index (χ2n) is 9.52. The van der Waals surface area contributed by atoms with Crippen LogP contribution in [0.1, 0.15) is 36.6 Å². The van der Waals surface area contributed by atoms with E-state index in [1.54, 1.807) is 12.1 Å². The Morgan fingerprint density at radius 3 is 2.78 bits per heavy atom. The monoisotopic (exact) mass is 500 g/mol. The van der Waals surface area contributed by atoms with Crippen molar-refractivity contribution in [2.24, 2.45) is 5.92 Å². The average Bonchev–Trinajstić information content (AvgIpc) is 3.45. The predicted octanol–water partition coefficient (Wildman–Crippen LogP) is 2.86. The Balaban J connectivity index is 1.32. The molecule has 2 aliphatic rings. The topological polar surface area (TPSA) is 145 Å². The van der Waals surface area contributed by atoms with Crippen LogP contribution in [0.15, 0.2) is 36.8 Å². The molecule has 1 aromatic carbocycles. The molecule has 6 N–H and O–H groups in total. The summed E-state index contributed by atoms with van der Waals surface area (Å²) in [5.74, 6) is -1.06. The normalized spacial score (nSPS) is 27.9. The van der Waals surface area contributed by atoms with Crippen molar-refractivity contribution in [3.8, 4) is 0 Å². The molecule has 3 aromatic heterocycles. The van der Waals surface area contributed by atoms with Crippen LogP contribution in [-0.4, -0.2) is 47.5 Å². The number of halogens is 3. The Kier molecular flexibility index (Phi) is 5.11. The summed E-state index contributed by atoms with van der Waals surface area (Å²) >= 11 is 0. The number of benzene rings is 1. The van der Waals surface area contributed by atoms with Gasteiger partial charge >= 0.3 is 0 Å². The van der Waals surface area contributed by atoms with Gasteiger partial charge in [0.1, 0.15) is 29.5 Å². The minimum absolute atomic E-state index is 0.0109. The summed E-state index contributed by atoms with van der Waals surface area (Å²) < 4.78 is 48.7. The second kappa shape index (κ2) is 8.02. The van der Waals surface area contributed by atoms with Crippen molar-refractivity contribution < 1.29 is 28.1 Å². The van der Waals surface area contributed by atoms with Crippen molar-refractivity contribution in [1.29, 1.82) is 0 Å². The zero-order chi connectivity index (χ0) is 25.4. The van der Waals surface area contributed by atoms with Gasteiger partial charge in [-0.15, -0.1) is 0 Å². The Hall–Kier alpha value is -3.48. The Labute approximate surface area is 202 Å². The van der Waals surface area contributed by atoms with E-state index in [4.69, 9.17) is 16.2 Å². The SMILES string of the molecule is Nc1nc2cc(C[C@@H]3CC[C@]4(O)C(O)[C@H](n5cc(C(F)F)c6c(N)ncnc65)O[C@H]34)ccc2cc1F. The average molecular weight is 500 g/mol. The summed E-state index contributed by atoms with van der Waals surface area (Å²) in [6.45, 7) is 0. The number of aromatic nitrogens is 4. The lowest BCUT2D eigenvalue weighted by Gasteiger charge is -2.26. The number of alkyl halides is 2. The van der Waals surface area contributed by atoms with E-state index in [9.17, 15) is 23.4 Å².